The molecule has 0 bridgehead atoms. The van der Waals surface area contributed by atoms with Gasteiger partial charge in [-0.3, -0.25) is 14.2 Å². The van der Waals surface area contributed by atoms with E-state index in [9.17, 15) is 9.59 Å². The summed E-state index contributed by atoms with van der Waals surface area (Å²) in [6.45, 7) is 7.84. The van der Waals surface area contributed by atoms with Crippen molar-refractivity contribution in [2.45, 2.75) is 34.2 Å². The quantitative estimate of drug-likeness (QED) is 0.568. The van der Waals surface area contributed by atoms with E-state index >= 15 is 0 Å². The summed E-state index contributed by atoms with van der Waals surface area (Å²) < 4.78 is 2.96. The zero-order chi connectivity index (χ0) is 21.4. The Bertz CT molecular complexity index is 1310. The zero-order valence-corrected chi connectivity index (χ0v) is 17.4. The van der Waals surface area contributed by atoms with Crippen molar-refractivity contribution in [3.8, 4) is 5.69 Å². The number of fused-ring (bicyclic) bond motifs is 1. The molecule has 30 heavy (non-hydrogen) atoms. The molecule has 2 heterocycles. The molecular weight excluding hydrogens is 378 g/mol. The number of hydrogen-bond acceptors (Lipinski definition) is 4. The van der Waals surface area contributed by atoms with Gasteiger partial charge in [-0.1, -0.05) is 23.8 Å². The van der Waals surface area contributed by atoms with Crippen molar-refractivity contribution in [2.24, 2.45) is 0 Å². The Morgan fingerprint density at radius 2 is 1.73 bits per heavy atom. The van der Waals surface area contributed by atoms with E-state index in [-0.39, 0.29) is 18.0 Å². The van der Waals surface area contributed by atoms with Crippen LogP contribution in [0, 0.1) is 27.7 Å². The first-order chi connectivity index (χ1) is 14.3. The molecule has 0 unspecified atom stereocenters. The van der Waals surface area contributed by atoms with Crippen LogP contribution in [0.2, 0.25) is 0 Å². The Morgan fingerprint density at radius 3 is 2.43 bits per heavy atom. The molecule has 4 aromatic rings. The largest absolute Gasteiger partial charge is 0.325 e. The van der Waals surface area contributed by atoms with Crippen LogP contribution in [0.1, 0.15) is 22.3 Å². The molecule has 0 saturated carbocycles. The number of aromatic nitrogens is 4. The monoisotopic (exact) mass is 401 g/mol. The molecule has 2 aromatic carbocycles. The average Bonchev–Trinajstić information content (AvgIpc) is 3.08. The van der Waals surface area contributed by atoms with Gasteiger partial charge in [0.05, 0.1) is 11.9 Å². The molecule has 0 saturated heterocycles. The van der Waals surface area contributed by atoms with Crippen LogP contribution in [-0.4, -0.2) is 25.2 Å². The third kappa shape index (κ3) is 3.74. The molecule has 0 aliphatic heterocycles. The summed E-state index contributed by atoms with van der Waals surface area (Å²) >= 11 is 0. The molecule has 1 N–H and O–H groups in total. The van der Waals surface area contributed by atoms with Gasteiger partial charge in [-0.15, -0.1) is 0 Å². The fourth-order valence-electron chi connectivity index (χ4n) is 3.68. The van der Waals surface area contributed by atoms with Crippen molar-refractivity contribution < 1.29 is 4.79 Å². The first-order valence-corrected chi connectivity index (χ1v) is 9.71. The van der Waals surface area contributed by atoms with E-state index in [4.69, 9.17) is 0 Å². The topological polar surface area (TPSA) is 81.8 Å². The normalized spacial score (nSPS) is 11.1. The maximum Gasteiger partial charge on any atom is 0.264 e. The van der Waals surface area contributed by atoms with Gasteiger partial charge in [0.2, 0.25) is 5.91 Å². The van der Waals surface area contributed by atoms with Crippen molar-refractivity contribution >= 4 is 22.6 Å². The second-order valence-electron chi connectivity index (χ2n) is 7.69. The second-order valence-corrected chi connectivity index (χ2v) is 7.69. The molecular formula is C23H23N5O2. The number of nitrogens with one attached hydrogen (secondary N) is 1. The van der Waals surface area contributed by atoms with E-state index in [2.05, 4.69) is 21.5 Å². The van der Waals surface area contributed by atoms with Gasteiger partial charge in [0.25, 0.3) is 5.56 Å². The Labute approximate surface area is 174 Å². The first kappa shape index (κ1) is 19.6. The van der Waals surface area contributed by atoms with Crippen LogP contribution in [0.3, 0.4) is 0 Å². The van der Waals surface area contributed by atoms with Crippen LogP contribution in [0.25, 0.3) is 16.7 Å². The highest BCUT2D eigenvalue weighted by molar-refractivity contribution is 5.91. The van der Waals surface area contributed by atoms with Crippen molar-refractivity contribution in [1.29, 1.82) is 0 Å². The van der Waals surface area contributed by atoms with Crippen LogP contribution in [-0.2, 0) is 11.3 Å². The Balaban J connectivity index is 1.63. The SMILES string of the molecule is Cc1cc(C)cc(NC(=O)Cn2cnc3c(cnn3-c3ccc(C)cc3C)c2=O)c1. The van der Waals surface area contributed by atoms with Crippen LogP contribution in [0.15, 0.2) is 53.7 Å². The van der Waals surface area contributed by atoms with Crippen molar-refractivity contribution in [2.75, 3.05) is 5.32 Å². The number of aryl methyl sites for hydroxylation is 4. The third-order valence-corrected chi connectivity index (χ3v) is 4.95. The van der Waals surface area contributed by atoms with Crippen molar-refractivity contribution in [3.05, 3.63) is 81.5 Å². The van der Waals surface area contributed by atoms with Gasteiger partial charge in [-0.25, -0.2) is 9.67 Å². The Hall–Kier alpha value is -3.74. The summed E-state index contributed by atoms with van der Waals surface area (Å²) in [7, 11) is 0. The van der Waals surface area contributed by atoms with E-state index in [0.29, 0.717) is 16.7 Å². The average molecular weight is 401 g/mol. The standard InChI is InChI=1S/C23H23N5O2/c1-14-5-6-20(17(4)8-14)28-22-19(11-25-28)23(30)27(13-24-22)12-21(29)26-18-9-15(2)7-16(3)10-18/h5-11,13H,12H2,1-4H3,(H,26,29). The zero-order valence-electron chi connectivity index (χ0n) is 17.4. The van der Waals surface area contributed by atoms with Gasteiger partial charge in [0.15, 0.2) is 5.65 Å². The number of rotatable bonds is 4. The highest BCUT2D eigenvalue weighted by atomic mass is 16.2. The summed E-state index contributed by atoms with van der Waals surface area (Å²) in [4.78, 5) is 29.8. The molecule has 7 nitrogen and oxygen atoms in total. The maximum atomic E-state index is 12.9. The second kappa shape index (κ2) is 7.59. The van der Waals surface area contributed by atoms with E-state index in [1.807, 2.05) is 58.0 Å². The molecule has 7 heteroatoms. The molecule has 0 fully saturated rings. The molecule has 0 atom stereocenters. The maximum absolute atomic E-state index is 12.9. The Kier molecular flexibility index (Phi) is 4.95. The molecule has 0 radical (unpaired) electrons. The number of amides is 1. The minimum Gasteiger partial charge on any atom is -0.325 e. The van der Waals surface area contributed by atoms with Crippen LogP contribution < -0.4 is 10.9 Å². The lowest BCUT2D eigenvalue weighted by Gasteiger charge is -2.10. The minimum absolute atomic E-state index is 0.122. The molecule has 0 aliphatic carbocycles. The van der Waals surface area contributed by atoms with Crippen molar-refractivity contribution in [1.82, 2.24) is 19.3 Å². The number of nitrogens with zero attached hydrogens (tertiary/aromatic N) is 4. The van der Waals surface area contributed by atoms with Crippen molar-refractivity contribution in [3.63, 3.8) is 0 Å². The lowest BCUT2D eigenvalue weighted by molar-refractivity contribution is -0.116. The predicted molar refractivity (Wildman–Crippen MR) is 117 cm³/mol. The third-order valence-electron chi connectivity index (χ3n) is 4.95. The van der Waals surface area contributed by atoms with Crippen LogP contribution >= 0.6 is 0 Å². The summed E-state index contributed by atoms with van der Waals surface area (Å²) in [5.74, 6) is -0.287. The number of carbonyl (C=O) groups excluding carboxylic acids is 1. The Morgan fingerprint density at radius 1 is 1.00 bits per heavy atom. The number of benzene rings is 2. The highest BCUT2D eigenvalue weighted by Gasteiger charge is 2.14. The highest BCUT2D eigenvalue weighted by Crippen LogP contribution is 2.19. The molecule has 0 spiro atoms. The molecule has 4 rings (SSSR count). The molecule has 2 aromatic heterocycles. The molecule has 0 aliphatic rings. The fraction of sp³-hybridized carbons (Fsp3) is 0.217. The van der Waals surface area contributed by atoms with Gasteiger partial charge < -0.3 is 5.32 Å². The summed E-state index contributed by atoms with van der Waals surface area (Å²) in [5, 5.41) is 7.58. The van der Waals surface area contributed by atoms with Crippen LogP contribution in [0.4, 0.5) is 5.69 Å². The minimum atomic E-state index is -0.299. The van der Waals surface area contributed by atoms with Gasteiger partial charge in [-0.2, -0.15) is 5.10 Å². The summed E-state index contributed by atoms with van der Waals surface area (Å²) in [5.41, 5.74) is 6.06. The first-order valence-electron chi connectivity index (χ1n) is 9.71. The fourth-order valence-corrected chi connectivity index (χ4v) is 3.68. The summed E-state index contributed by atoms with van der Waals surface area (Å²) in [6.07, 6.45) is 2.90. The lowest BCUT2D eigenvalue weighted by Crippen LogP contribution is -2.27. The lowest BCUT2D eigenvalue weighted by atomic mass is 10.1. The number of hydrogen-bond donors (Lipinski definition) is 1. The molecule has 152 valence electrons. The van der Waals surface area contributed by atoms with E-state index in [1.165, 1.54) is 17.1 Å². The number of carbonyl (C=O) groups is 1. The van der Waals surface area contributed by atoms with Gasteiger partial charge in [0, 0.05) is 5.69 Å². The number of anilines is 1. The van der Waals surface area contributed by atoms with E-state index in [1.54, 1.807) is 4.68 Å². The van der Waals surface area contributed by atoms with E-state index < -0.39 is 0 Å². The van der Waals surface area contributed by atoms with Gasteiger partial charge in [-0.05, 0) is 62.6 Å². The van der Waals surface area contributed by atoms with Crippen LogP contribution in [0.5, 0.6) is 0 Å². The van der Waals surface area contributed by atoms with Gasteiger partial charge >= 0.3 is 0 Å². The predicted octanol–water partition coefficient (Wildman–Crippen LogP) is 3.45. The van der Waals surface area contributed by atoms with Gasteiger partial charge in [0.1, 0.15) is 18.3 Å². The molecule has 1 amide bonds. The smallest absolute Gasteiger partial charge is 0.264 e. The van der Waals surface area contributed by atoms with E-state index in [0.717, 1.165) is 27.9 Å². The summed E-state index contributed by atoms with van der Waals surface area (Å²) in [6, 6.07) is 11.8.